The molecule has 1 aromatic rings. The van der Waals surface area contributed by atoms with E-state index >= 15 is 0 Å². The average Bonchev–Trinajstić information content (AvgIpc) is 2.28. The number of carbonyl (C=O) groups is 1. The van der Waals surface area contributed by atoms with Gasteiger partial charge in [-0.1, -0.05) is 38.8 Å². The highest BCUT2D eigenvalue weighted by Crippen LogP contribution is 2.25. The first kappa shape index (κ1) is 15.7. The quantitative estimate of drug-likeness (QED) is 0.647. The van der Waals surface area contributed by atoms with Crippen molar-refractivity contribution >= 4 is 17.0 Å². The molecule has 0 heterocycles. The number of thioether (sulfide) groups is 1. The summed E-state index contributed by atoms with van der Waals surface area (Å²) in [5, 5.41) is 2.75. The largest absolute Gasteiger partial charge is 0.333 e. The Balaban J connectivity index is 2.62. The monoisotopic (exact) mass is 275 g/mol. The molecule has 0 bridgehead atoms. The van der Waals surface area contributed by atoms with E-state index in [0.717, 1.165) is 4.90 Å². The van der Waals surface area contributed by atoms with Crippen LogP contribution < -0.4 is 5.32 Å². The molecule has 0 saturated heterocycles. The number of nitrogens with one attached hydrogen (secondary N) is 1. The third-order valence-electron chi connectivity index (χ3n) is 2.63. The molecule has 0 spiro atoms. The molecular formula is C16H21NOS. The molecule has 0 aromatic heterocycles. The molecule has 1 rings (SSSR count). The predicted molar refractivity (Wildman–Crippen MR) is 82.4 cm³/mol. The first-order valence-corrected chi connectivity index (χ1v) is 7.15. The van der Waals surface area contributed by atoms with E-state index in [1.807, 2.05) is 19.1 Å². The molecule has 1 aromatic carbocycles. The van der Waals surface area contributed by atoms with Crippen molar-refractivity contribution in [1.82, 2.24) is 5.32 Å². The van der Waals surface area contributed by atoms with Gasteiger partial charge in [0.2, 0.25) is 0 Å². The Morgan fingerprint density at radius 3 is 2.32 bits per heavy atom. The van der Waals surface area contributed by atoms with Gasteiger partial charge in [-0.2, -0.15) is 0 Å². The van der Waals surface area contributed by atoms with Crippen LogP contribution in [0.25, 0.3) is 0 Å². The standard InChI is InChI=1S/C16H21NOS/c1-6-7-12(2)17-15(18)19-14-10-8-13(9-11-14)16(3,4)5/h8-12H,1-5H3,(H,17,18). The van der Waals surface area contributed by atoms with Crippen molar-refractivity contribution in [2.75, 3.05) is 0 Å². The van der Waals surface area contributed by atoms with Gasteiger partial charge in [-0.25, -0.2) is 0 Å². The fourth-order valence-corrected chi connectivity index (χ4v) is 2.31. The molecule has 19 heavy (non-hydrogen) atoms. The number of amides is 1. The van der Waals surface area contributed by atoms with Crippen molar-refractivity contribution in [3.63, 3.8) is 0 Å². The Bertz CT molecular complexity index is 488. The maximum atomic E-state index is 11.8. The van der Waals surface area contributed by atoms with Crippen molar-refractivity contribution in [1.29, 1.82) is 0 Å². The third kappa shape index (κ3) is 5.40. The molecule has 3 heteroatoms. The van der Waals surface area contributed by atoms with E-state index in [0.29, 0.717) is 0 Å². The summed E-state index contributed by atoms with van der Waals surface area (Å²) in [5.74, 6) is 5.68. The van der Waals surface area contributed by atoms with E-state index < -0.39 is 0 Å². The van der Waals surface area contributed by atoms with Gasteiger partial charge in [-0.05, 0) is 48.7 Å². The number of carbonyl (C=O) groups excluding carboxylic acids is 1. The maximum Gasteiger partial charge on any atom is 0.284 e. The topological polar surface area (TPSA) is 29.1 Å². The van der Waals surface area contributed by atoms with E-state index in [9.17, 15) is 4.79 Å². The first-order chi connectivity index (χ1) is 8.82. The minimum Gasteiger partial charge on any atom is -0.333 e. The lowest BCUT2D eigenvalue weighted by atomic mass is 9.87. The Morgan fingerprint density at radius 2 is 1.84 bits per heavy atom. The fraction of sp³-hybridized carbons (Fsp3) is 0.438. The van der Waals surface area contributed by atoms with Crippen molar-refractivity contribution in [2.45, 2.75) is 51.0 Å². The van der Waals surface area contributed by atoms with E-state index in [2.05, 4.69) is 50.1 Å². The van der Waals surface area contributed by atoms with Crippen LogP contribution in [0.2, 0.25) is 0 Å². The molecule has 0 aliphatic heterocycles. The van der Waals surface area contributed by atoms with Crippen LogP contribution in [0.15, 0.2) is 29.2 Å². The SMILES string of the molecule is CC#CC(C)NC(=O)Sc1ccc(C(C)(C)C)cc1. The van der Waals surface area contributed by atoms with Crippen molar-refractivity contribution in [2.24, 2.45) is 0 Å². The van der Waals surface area contributed by atoms with Crippen LogP contribution in [0.3, 0.4) is 0 Å². The molecule has 0 fully saturated rings. The lowest BCUT2D eigenvalue weighted by Crippen LogP contribution is -2.27. The van der Waals surface area contributed by atoms with Crippen LogP contribution in [0.4, 0.5) is 4.79 Å². The highest BCUT2D eigenvalue weighted by Gasteiger charge is 2.13. The maximum absolute atomic E-state index is 11.8. The van der Waals surface area contributed by atoms with Gasteiger partial charge in [0.15, 0.2) is 0 Å². The zero-order valence-electron chi connectivity index (χ0n) is 12.2. The van der Waals surface area contributed by atoms with Gasteiger partial charge in [0.05, 0.1) is 6.04 Å². The predicted octanol–water partition coefficient (Wildman–Crippen LogP) is 4.20. The first-order valence-electron chi connectivity index (χ1n) is 6.34. The fourth-order valence-electron chi connectivity index (χ4n) is 1.59. The van der Waals surface area contributed by atoms with E-state index in [1.165, 1.54) is 17.3 Å². The highest BCUT2D eigenvalue weighted by atomic mass is 32.2. The van der Waals surface area contributed by atoms with Crippen molar-refractivity contribution < 1.29 is 4.79 Å². The van der Waals surface area contributed by atoms with Crippen LogP contribution in [0.5, 0.6) is 0 Å². The Kier molecular flexibility index (Phi) is 5.50. The minimum atomic E-state index is -0.112. The van der Waals surface area contributed by atoms with E-state index in [4.69, 9.17) is 0 Å². The number of benzene rings is 1. The van der Waals surface area contributed by atoms with Gasteiger partial charge in [-0.3, -0.25) is 4.79 Å². The van der Waals surface area contributed by atoms with Gasteiger partial charge in [0.1, 0.15) is 0 Å². The molecule has 1 unspecified atom stereocenters. The molecule has 1 amide bonds. The van der Waals surface area contributed by atoms with Crippen LogP contribution in [-0.4, -0.2) is 11.3 Å². The zero-order valence-corrected chi connectivity index (χ0v) is 13.0. The molecule has 2 nitrogen and oxygen atoms in total. The summed E-state index contributed by atoms with van der Waals surface area (Å²) in [6.45, 7) is 10.2. The van der Waals surface area contributed by atoms with E-state index in [-0.39, 0.29) is 16.7 Å². The molecule has 0 aliphatic carbocycles. The average molecular weight is 275 g/mol. The van der Waals surface area contributed by atoms with Crippen LogP contribution in [-0.2, 0) is 5.41 Å². The Labute approximate surface area is 120 Å². The van der Waals surface area contributed by atoms with Crippen molar-refractivity contribution in [3.8, 4) is 11.8 Å². The zero-order chi connectivity index (χ0) is 14.5. The Hall–Kier alpha value is -1.40. The molecule has 1 N–H and O–H groups in total. The summed E-state index contributed by atoms with van der Waals surface area (Å²) in [7, 11) is 0. The molecule has 0 aliphatic rings. The van der Waals surface area contributed by atoms with Crippen LogP contribution in [0.1, 0.15) is 40.2 Å². The minimum absolute atomic E-state index is 0.0706. The van der Waals surface area contributed by atoms with Gasteiger partial charge >= 0.3 is 0 Å². The number of hydrogen-bond donors (Lipinski definition) is 1. The summed E-state index contributed by atoms with van der Waals surface area (Å²) in [6.07, 6.45) is 0. The second kappa shape index (κ2) is 6.68. The molecule has 1 atom stereocenters. The lowest BCUT2D eigenvalue weighted by Gasteiger charge is -2.19. The van der Waals surface area contributed by atoms with E-state index in [1.54, 1.807) is 6.92 Å². The Morgan fingerprint density at radius 1 is 1.26 bits per heavy atom. The summed E-state index contributed by atoms with van der Waals surface area (Å²) in [6, 6.07) is 8.01. The smallest absolute Gasteiger partial charge is 0.284 e. The lowest BCUT2D eigenvalue weighted by molar-refractivity contribution is 0.260. The van der Waals surface area contributed by atoms with Gasteiger partial charge in [0, 0.05) is 4.90 Å². The second-order valence-corrected chi connectivity index (χ2v) is 6.47. The summed E-state index contributed by atoms with van der Waals surface area (Å²) < 4.78 is 0. The summed E-state index contributed by atoms with van der Waals surface area (Å²) in [4.78, 5) is 12.7. The van der Waals surface area contributed by atoms with Crippen molar-refractivity contribution in [3.05, 3.63) is 29.8 Å². The molecule has 102 valence electrons. The molecular weight excluding hydrogens is 254 g/mol. The summed E-state index contributed by atoms with van der Waals surface area (Å²) >= 11 is 1.20. The number of rotatable bonds is 2. The number of hydrogen-bond acceptors (Lipinski definition) is 2. The molecule has 0 saturated carbocycles. The van der Waals surface area contributed by atoms with Gasteiger partial charge in [0.25, 0.3) is 5.24 Å². The highest BCUT2D eigenvalue weighted by molar-refractivity contribution is 8.13. The third-order valence-corrected chi connectivity index (χ3v) is 3.44. The van der Waals surface area contributed by atoms with Gasteiger partial charge in [-0.15, -0.1) is 5.92 Å². The summed E-state index contributed by atoms with van der Waals surface area (Å²) in [5.41, 5.74) is 1.40. The van der Waals surface area contributed by atoms with Crippen LogP contribution in [0, 0.1) is 11.8 Å². The molecule has 0 radical (unpaired) electrons. The van der Waals surface area contributed by atoms with Gasteiger partial charge < -0.3 is 5.32 Å². The second-order valence-electron chi connectivity index (χ2n) is 5.42. The normalized spacial score (nSPS) is 12.3. The van der Waals surface area contributed by atoms with Crippen LogP contribution >= 0.6 is 11.8 Å².